The van der Waals surface area contributed by atoms with E-state index in [1.54, 1.807) is 24.5 Å². The van der Waals surface area contributed by atoms with Crippen molar-refractivity contribution in [3.8, 4) is 0 Å². The second-order valence-corrected chi connectivity index (χ2v) is 6.06. The van der Waals surface area contributed by atoms with Crippen LogP contribution in [0.1, 0.15) is 42.4 Å². The van der Waals surface area contributed by atoms with Crippen molar-refractivity contribution in [1.29, 1.82) is 0 Å². The molecule has 0 aromatic carbocycles. The van der Waals surface area contributed by atoms with Gasteiger partial charge in [-0.25, -0.2) is 4.98 Å². The van der Waals surface area contributed by atoms with E-state index < -0.39 is 0 Å². The van der Waals surface area contributed by atoms with Crippen LogP contribution in [0.15, 0.2) is 30.6 Å². The largest absolute Gasteiger partial charge is 0.384 e. The third-order valence-corrected chi connectivity index (χ3v) is 3.16. The lowest BCUT2D eigenvalue weighted by atomic mass is 9.90. The number of hydrogen-bond donors (Lipinski definition) is 2. The molecular weight excluding hydrogens is 264 g/mol. The van der Waals surface area contributed by atoms with Gasteiger partial charge in [-0.15, -0.1) is 0 Å². The van der Waals surface area contributed by atoms with Gasteiger partial charge in [0.15, 0.2) is 0 Å². The summed E-state index contributed by atoms with van der Waals surface area (Å²) in [4.78, 5) is 20.7. The first-order valence-electron chi connectivity index (χ1n) is 6.77. The molecule has 0 bridgehead atoms. The average Bonchev–Trinajstić information content (AvgIpc) is 2.39. The van der Waals surface area contributed by atoms with Crippen molar-refractivity contribution in [2.75, 3.05) is 11.1 Å². The molecule has 0 radical (unpaired) electrons. The zero-order valence-corrected chi connectivity index (χ0v) is 12.8. The van der Waals surface area contributed by atoms with Crippen LogP contribution in [0.3, 0.4) is 0 Å². The molecule has 3 N–H and O–H groups in total. The number of nitrogens with two attached hydrogens (primary N) is 1. The first-order chi connectivity index (χ1) is 9.77. The highest BCUT2D eigenvalue weighted by Gasteiger charge is 2.19. The maximum atomic E-state index is 12.4. The topological polar surface area (TPSA) is 80.9 Å². The Hall–Kier alpha value is -2.43. The van der Waals surface area contributed by atoms with Crippen LogP contribution in [-0.4, -0.2) is 15.9 Å². The van der Waals surface area contributed by atoms with Gasteiger partial charge >= 0.3 is 0 Å². The fourth-order valence-electron chi connectivity index (χ4n) is 1.86. The molecule has 5 heteroatoms. The van der Waals surface area contributed by atoms with Crippen LogP contribution in [0.2, 0.25) is 0 Å². The van der Waals surface area contributed by atoms with Crippen molar-refractivity contribution >= 4 is 17.4 Å². The van der Waals surface area contributed by atoms with Gasteiger partial charge in [0.2, 0.25) is 0 Å². The Balaban J connectivity index is 2.32. The highest BCUT2D eigenvalue weighted by molar-refractivity contribution is 6.05. The zero-order valence-electron chi connectivity index (χ0n) is 12.8. The van der Waals surface area contributed by atoms with E-state index in [9.17, 15) is 4.79 Å². The van der Waals surface area contributed by atoms with Crippen molar-refractivity contribution in [3.63, 3.8) is 0 Å². The Morgan fingerprint density at radius 1 is 1.29 bits per heavy atom. The van der Waals surface area contributed by atoms with Crippen LogP contribution in [0.5, 0.6) is 0 Å². The van der Waals surface area contributed by atoms with Crippen molar-refractivity contribution in [1.82, 2.24) is 9.97 Å². The number of nitrogens with zero attached hydrogens (tertiary/aromatic N) is 2. The van der Waals surface area contributed by atoms with Crippen LogP contribution >= 0.6 is 0 Å². The average molecular weight is 284 g/mol. The number of carbonyl (C=O) groups excluding carboxylic acids is 1. The van der Waals surface area contributed by atoms with E-state index in [-0.39, 0.29) is 11.3 Å². The highest BCUT2D eigenvalue weighted by atomic mass is 16.1. The predicted octanol–water partition coefficient (Wildman–Crippen LogP) is 2.92. The third-order valence-electron chi connectivity index (χ3n) is 3.16. The summed E-state index contributed by atoms with van der Waals surface area (Å²) in [6, 6.07) is 5.20. The zero-order chi connectivity index (χ0) is 15.6. The number of nitrogen functional groups attached to an aromatic ring is 1. The molecule has 0 unspecified atom stereocenters. The summed E-state index contributed by atoms with van der Waals surface area (Å²) in [7, 11) is 0. The van der Waals surface area contributed by atoms with E-state index in [1.807, 2.05) is 33.8 Å². The second kappa shape index (κ2) is 5.52. The number of nitrogens with one attached hydrogen (secondary N) is 1. The highest BCUT2D eigenvalue weighted by Crippen LogP contribution is 2.23. The monoisotopic (exact) mass is 284 g/mol. The lowest BCUT2D eigenvalue weighted by Gasteiger charge is -2.19. The molecule has 0 aliphatic rings. The summed E-state index contributed by atoms with van der Waals surface area (Å²) in [5, 5.41) is 2.85. The van der Waals surface area contributed by atoms with Crippen LogP contribution in [-0.2, 0) is 5.41 Å². The quantitative estimate of drug-likeness (QED) is 0.888. The standard InChI is InChI=1S/C16H20N4O/c1-10-5-6-18-9-12(10)19-15(21)11-7-13(16(2,3)4)20-14(17)8-11/h5-9H,1-4H3,(H2,17,20)(H,19,21). The molecule has 0 saturated heterocycles. The summed E-state index contributed by atoms with van der Waals surface area (Å²) in [5.74, 6) is 0.126. The van der Waals surface area contributed by atoms with Gasteiger partial charge in [-0.05, 0) is 30.7 Å². The predicted molar refractivity (Wildman–Crippen MR) is 84.3 cm³/mol. The number of aromatic nitrogens is 2. The molecule has 1 amide bonds. The van der Waals surface area contributed by atoms with Crippen LogP contribution in [0.4, 0.5) is 11.5 Å². The minimum Gasteiger partial charge on any atom is -0.384 e. The fraction of sp³-hybridized carbons (Fsp3) is 0.312. The van der Waals surface area contributed by atoms with Crippen LogP contribution < -0.4 is 11.1 Å². The molecule has 110 valence electrons. The number of amides is 1. The minimum absolute atomic E-state index is 0.172. The lowest BCUT2D eigenvalue weighted by molar-refractivity contribution is 0.102. The van der Waals surface area contributed by atoms with Gasteiger partial charge in [0.05, 0.1) is 11.9 Å². The smallest absolute Gasteiger partial charge is 0.255 e. The van der Waals surface area contributed by atoms with Crippen molar-refractivity contribution in [2.24, 2.45) is 0 Å². The van der Waals surface area contributed by atoms with Crippen molar-refractivity contribution < 1.29 is 4.79 Å². The van der Waals surface area contributed by atoms with Gasteiger partial charge in [0.1, 0.15) is 5.82 Å². The van der Waals surface area contributed by atoms with Crippen molar-refractivity contribution in [3.05, 3.63) is 47.4 Å². The van der Waals surface area contributed by atoms with E-state index in [4.69, 9.17) is 5.73 Å². The molecule has 2 heterocycles. The lowest BCUT2D eigenvalue weighted by Crippen LogP contribution is -2.18. The van der Waals surface area contributed by atoms with E-state index in [0.29, 0.717) is 17.1 Å². The Kier molecular flexibility index (Phi) is 3.93. The molecular formula is C16H20N4O. The van der Waals surface area contributed by atoms with E-state index in [2.05, 4.69) is 15.3 Å². The molecule has 0 aliphatic heterocycles. The molecule has 2 aromatic heterocycles. The molecule has 0 saturated carbocycles. The minimum atomic E-state index is -0.217. The number of rotatable bonds is 2. The summed E-state index contributed by atoms with van der Waals surface area (Å²) in [5.41, 5.74) is 8.57. The number of carbonyl (C=O) groups is 1. The Morgan fingerprint density at radius 2 is 2.00 bits per heavy atom. The van der Waals surface area contributed by atoms with E-state index in [1.165, 1.54) is 0 Å². The van der Waals surface area contributed by atoms with Gasteiger partial charge in [0, 0.05) is 22.9 Å². The molecule has 0 atom stereocenters. The molecule has 0 spiro atoms. The fourth-order valence-corrected chi connectivity index (χ4v) is 1.86. The molecule has 0 aliphatic carbocycles. The first kappa shape index (κ1) is 15.0. The van der Waals surface area contributed by atoms with Gasteiger partial charge in [-0.1, -0.05) is 20.8 Å². The molecule has 21 heavy (non-hydrogen) atoms. The van der Waals surface area contributed by atoms with Crippen molar-refractivity contribution in [2.45, 2.75) is 33.1 Å². The van der Waals surface area contributed by atoms with Gasteiger partial charge in [-0.3, -0.25) is 9.78 Å². The maximum Gasteiger partial charge on any atom is 0.255 e. The number of hydrogen-bond acceptors (Lipinski definition) is 4. The number of aryl methyl sites for hydroxylation is 1. The summed E-state index contributed by atoms with van der Waals surface area (Å²) >= 11 is 0. The Morgan fingerprint density at radius 3 is 2.62 bits per heavy atom. The normalized spacial score (nSPS) is 11.2. The number of anilines is 2. The SMILES string of the molecule is Cc1ccncc1NC(=O)c1cc(N)nc(C(C)(C)C)c1. The Bertz CT molecular complexity index is 674. The first-order valence-corrected chi connectivity index (χ1v) is 6.77. The van der Waals surface area contributed by atoms with Gasteiger partial charge < -0.3 is 11.1 Å². The molecule has 5 nitrogen and oxygen atoms in total. The second-order valence-electron chi connectivity index (χ2n) is 6.06. The molecule has 2 rings (SSSR count). The maximum absolute atomic E-state index is 12.4. The summed E-state index contributed by atoms with van der Waals surface area (Å²) in [6.07, 6.45) is 3.32. The summed E-state index contributed by atoms with van der Waals surface area (Å²) < 4.78 is 0. The summed E-state index contributed by atoms with van der Waals surface area (Å²) in [6.45, 7) is 8.00. The molecule has 0 fully saturated rings. The Labute approximate surface area is 124 Å². The van der Waals surface area contributed by atoms with Gasteiger partial charge in [0.25, 0.3) is 5.91 Å². The molecule has 2 aromatic rings. The number of pyridine rings is 2. The van der Waals surface area contributed by atoms with Crippen LogP contribution in [0.25, 0.3) is 0 Å². The third kappa shape index (κ3) is 3.56. The van der Waals surface area contributed by atoms with E-state index in [0.717, 1.165) is 11.3 Å². The van der Waals surface area contributed by atoms with Gasteiger partial charge in [-0.2, -0.15) is 0 Å². The van der Waals surface area contributed by atoms with E-state index >= 15 is 0 Å². The van der Waals surface area contributed by atoms with Crippen LogP contribution in [0, 0.1) is 6.92 Å².